The summed E-state index contributed by atoms with van der Waals surface area (Å²) in [5, 5.41) is 6.31. The van der Waals surface area contributed by atoms with E-state index < -0.39 is 0 Å². The third-order valence-corrected chi connectivity index (χ3v) is 3.90. The Hall–Kier alpha value is -0.570. The SMILES string of the molecule is CCCCCCCCCCNC(C)C(=O)NCCC(C)C. The van der Waals surface area contributed by atoms with E-state index in [1.54, 1.807) is 0 Å². The van der Waals surface area contributed by atoms with Crippen molar-refractivity contribution in [3.8, 4) is 0 Å². The fourth-order valence-electron chi connectivity index (χ4n) is 2.31. The highest BCUT2D eigenvalue weighted by Crippen LogP contribution is 2.07. The first-order chi connectivity index (χ1) is 10.1. The van der Waals surface area contributed by atoms with E-state index in [4.69, 9.17) is 0 Å². The van der Waals surface area contributed by atoms with Gasteiger partial charge in [0.25, 0.3) is 0 Å². The Morgan fingerprint density at radius 2 is 1.43 bits per heavy atom. The van der Waals surface area contributed by atoms with Crippen LogP contribution in [0.25, 0.3) is 0 Å². The van der Waals surface area contributed by atoms with Gasteiger partial charge in [0, 0.05) is 6.54 Å². The van der Waals surface area contributed by atoms with Gasteiger partial charge in [-0.2, -0.15) is 0 Å². The van der Waals surface area contributed by atoms with Crippen molar-refractivity contribution in [1.82, 2.24) is 10.6 Å². The molecule has 126 valence electrons. The van der Waals surface area contributed by atoms with Gasteiger partial charge in [0.1, 0.15) is 0 Å². The van der Waals surface area contributed by atoms with E-state index in [0.717, 1.165) is 19.5 Å². The molecule has 0 aromatic carbocycles. The number of nitrogens with one attached hydrogen (secondary N) is 2. The number of carbonyl (C=O) groups is 1. The summed E-state index contributed by atoms with van der Waals surface area (Å²) in [6.45, 7) is 10.3. The monoisotopic (exact) mass is 298 g/mol. The van der Waals surface area contributed by atoms with E-state index in [9.17, 15) is 4.79 Å². The number of carbonyl (C=O) groups excluding carboxylic acids is 1. The van der Waals surface area contributed by atoms with E-state index in [0.29, 0.717) is 5.92 Å². The molecule has 0 bridgehead atoms. The van der Waals surface area contributed by atoms with Crippen molar-refractivity contribution in [2.45, 2.75) is 91.5 Å². The minimum absolute atomic E-state index is 0.0679. The lowest BCUT2D eigenvalue weighted by molar-refractivity contribution is -0.122. The molecule has 0 aromatic rings. The standard InChI is InChI=1S/C18H38N2O/c1-5-6-7-8-9-10-11-12-14-19-17(4)18(21)20-15-13-16(2)3/h16-17,19H,5-15H2,1-4H3,(H,20,21). The zero-order valence-corrected chi connectivity index (χ0v) is 14.8. The summed E-state index contributed by atoms with van der Waals surface area (Å²) < 4.78 is 0. The number of unbranched alkanes of at least 4 members (excludes halogenated alkanes) is 7. The minimum atomic E-state index is -0.0679. The number of rotatable bonds is 14. The summed E-state index contributed by atoms with van der Waals surface area (Å²) in [5.74, 6) is 0.779. The van der Waals surface area contributed by atoms with Crippen LogP contribution in [-0.4, -0.2) is 25.0 Å². The topological polar surface area (TPSA) is 41.1 Å². The van der Waals surface area contributed by atoms with Crippen LogP contribution >= 0.6 is 0 Å². The number of hydrogen-bond donors (Lipinski definition) is 2. The summed E-state index contributed by atoms with van der Waals surface area (Å²) in [4.78, 5) is 11.8. The third-order valence-electron chi connectivity index (χ3n) is 3.90. The molecule has 0 aliphatic carbocycles. The van der Waals surface area contributed by atoms with Crippen LogP contribution in [0.15, 0.2) is 0 Å². The Morgan fingerprint density at radius 3 is 2.00 bits per heavy atom. The van der Waals surface area contributed by atoms with Crippen molar-refractivity contribution in [3.63, 3.8) is 0 Å². The summed E-state index contributed by atoms with van der Waals surface area (Å²) in [5.41, 5.74) is 0. The van der Waals surface area contributed by atoms with Gasteiger partial charge in [0.2, 0.25) is 5.91 Å². The van der Waals surface area contributed by atoms with Crippen molar-refractivity contribution >= 4 is 5.91 Å². The maximum atomic E-state index is 11.8. The second-order valence-corrected chi connectivity index (χ2v) is 6.62. The van der Waals surface area contributed by atoms with E-state index in [-0.39, 0.29) is 11.9 Å². The molecule has 2 N–H and O–H groups in total. The van der Waals surface area contributed by atoms with Crippen LogP contribution in [-0.2, 0) is 4.79 Å². The van der Waals surface area contributed by atoms with Crippen molar-refractivity contribution < 1.29 is 4.79 Å². The molecule has 3 heteroatoms. The Balaban J connectivity index is 3.36. The van der Waals surface area contributed by atoms with Crippen molar-refractivity contribution in [2.24, 2.45) is 5.92 Å². The average molecular weight is 299 g/mol. The Bertz CT molecular complexity index is 241. The fraction of sp³-hybridized carbons (Fsp3) is 0.944. The Morgan fingerprint density at radius 1 is 0.857 bits per heavy atom. The minimum Gasteiger partial charge on any atom is -0.355 e. The molecule has 0 heterocycles. The van der Waals surface area contributed by atoms with Crippen LogP contribution in [0.4, 0.5) is 0 Å². The molecule has 0 saturated heterocycles. The average Bonchev–Trinajstić information content (AvgIpc) is 2.44. The summed E-state index contributed by atoms with van der Waals surface area (Å²) in [7, 11) is 0. The molecule has 0 aliphatic rings. The predicted octanol–water partition coefficient (Wildman–Crippen LogP) is 4.27. The van der Waals surface area contributed by atoms with Crippen LogP contribution in [0.3, 0.4) is 0 Å². The molecule has 1 unspecified atom stereocenters. The zero-order valence-electron chi connectivity index (χ0n) is 14.8. The van der Waals surface area contributed by atoms with Gasteiger partial charge in [-0.25, -0.2) is 0 Å². The molecule has 3 nitrogen and oxygen atoms in total. The van der Waals surface area contributed by atoms with Gasteiger partial charge in [0.05, 0.1) is 6.04 Å². The molecule has 0 rings (SSSR count). The van der Waals surface area contributed by atoms with Gasteiger partial charge in [-0.1, -0.05) is 65.7 Å². The van der Waals surface area contributed by atoms with Crippen molar-refractivity contribution in [1.29, 1.82) is 0 Å². The summed E-state index contributed by atoms with van der Waals surface area (Å²) in [6.07, 6.45) is 11.7. The smallest absolute Gasteiger partial charge is 0.236 e. The second-order valence-electron chi connectivity index (χ2n) is 6.62. The van der Waals surface area contributed by atoms with E-state index in [1.807, 2.05) is 6.92 Å². The summed E-state index contributed by atoms with van der Waals surface area (Å²) in [6, 6.07) is -0.0679. The second kappa shape index (κ2) is 14.4. The van der Waals surface area contributed by atoms with Gasteiger partial charge in [0.15, 0.2) is 0 Å². The van der Waals surface area contributed by atoms with Gasteiger partial charge in [-0.15, -0.1) is 0 Å². The Kier molecular flexibility index (Phi) is 14.0. The van der Waals surface area contributed by atoms with Crippen LogP contribution in [0.5, 0.6) is 0 Å². The predicted molar refractivity (Wildman–Crippen MR) is 92.5 cm³/mol. The van der Waals surface area contributed by atoms with Crippen molar-refractivity contribution in [3.05, 3.63) is 0 Å². The quantitative estimate of drug-likeness (QED) is 0.470. The Labute approximate surface area is 132 Å². The highest BCUT2D eigenvalue weighted by Gasteiger charge is 2.10. The lowest BCUT2D eigenvalue weighted by Crippen LogP contribution is -2.42. The van der Waals surface area contributed by atoms with E-state index in [1.165, 1.54) is 51.4 Å². The molecule has 21 heavy (non-hydrogen) atoms. The molecular formula is C18H38N2O. The molecule has 1 atom stereocenters. The van der Waals surface area contributed by atoms with Crippen LogP contribution in [0, 0.1) is 5.92 Å². The third kappa shape index (κ3) is 14.1. The van der Waals surface area contributed by atoms with Crippen LogP contribution in [0.1, 0.15) is 85.5 Å². The van der Waals surface area contributed by atoms with Crippen molar-refractivity contribution in [2.75, 3.05) is 13.1 Å². The normalized spacial score (nSPS) is 12.6. The highest BCUT2D eigenvalue weighted by molar-refractivity contribution is 5.81. The largest absolute Gasteiger partial charge is 0.355 e. The molecule has 0 saturated carbocycles. The van der Waals surface area contributed by atoms with Crippen LogP contribution < -0.4 is 10.6 Å². The molecule has 0 spiro atoms. The molecule has 0 radical (unpaired) electrons. The molecule has 1 amide bonds. The first-order valence-electron chi connectivity index (χ1n) is 9.09. The first-order valence-corrected chi connectivity index (χ1v) is 9.09. The molecule has 0 fully saturated rings. The number of hydrogen-bond acceptors (Lipinski definition) is 2. The van der Waals surface area contributed by atoms with E-state index in [2.05, 4.69) is 31.4 Å². The van der Waals surface area contributed by atoms with Gasteiger partial charge in [-0.05, 0) is 32.2 Å². The summed E-state index contributed by atoms with van der Waals surface area (Å²) >= 11 is 0. The maximum Gasteiger partial charge on any atom is 0.236 e. The first kappa shape index (κ1) is 20.4. The number of amides is 1. The molecule has 0 aliphatic heterocycles. The van der Waals surface area contributed by atoms with Crippen LogP contribution in [0.2, 0.25) is 0 Å². The lowest BCUT2D eigenvalue weighted by atomic mass is 10.1. The van der Waals surface area contributed by atoms with Gasteiger partial charge < -0.3 is 10.6 Å². The highest BCUT2D eigenvalue weighted by atomic mass is 16.2. The fourth-order valence-corrected chi connectivity index (χ4v) is 2.31. The molecule has 0 aromatic heterocycles. The molecular weight excluding hydrogens is 260 g/mol. The maximum absolute atomic E-state index is 11.8. The zero-order chi connectivity index (χ0) is 15.9. The van der Waals surface area contributed by atoms with E-state index >= 15 is 0 Å². The van der Waals surface area contributed by atoms with Gasteiger partial charge in [-0.3, -0.25) is 4.79 Å². The lowest BCUT2D eigenvalue weighted by Gasteiger charge is -2.14. The van der Waals surface area contributed by atoms with Gasteiger partial charge >= 0.3 is 0 Å².